The van der Waals surface area contributed by atoms with Crippen LogP contribution >= 0.6 is 0 Å². The predicted molar refractivity (Wildman–Crippen MR) is 94.1 cm³/mol. The van der Waals surface area contributed by atoms with Crippen molar-refractivity contribution in [2.45, 2.75) is 32.9 Å². The van der Waals surface area contributed by atoms with E-state index in [9.17, 15) is 14.4 Å². The number of pyridine rings is 1. The quantitative estimate of drug-likeness (QED) is 0.846. The lowest BCUT2D eigenvalue weighted by atomic mass is 10.0. The second-order valence-corrected chi connectivity index (χ2v) is 6.63. The maximum atomic E-state index is 12.6. The van der Waals surface area contributed by atoms with E-state index in [4.69, 9.17) is 4.74 Å². The Kier molecular flexibility index (Phi) is 5.75. The van der Waals surface area contributed by atoms with E-state index in [-0.39, 0.29) is 11.5 Å². The van der Waals surface area contributed by atoms with Crippen molar-refractivity contribution < 1.29 is 14.3 Å². The molecule has 6 heteroatoms. The van der Waals surface area contributed by atoms with Crippen LogP contribution in [0.4, 0.5) is 0 Å². The maximum absolute atomic E-state index is 12.6. The molecule has 0 saturated heterocycles. The van der Waals surface area contributed by atoms with Gasteiger partial charge in [-0.25, -0.2) is 4.79 Å². The third kappa shape index (κ3) is 5.04. The molecule has 2 aromatic rings. The summed E-state index contributed by atoms with van der Waals surface area (Å²) in [5, 5.41) is 0. The summed E-state index contributed by atoms with van der Waals surface area (Å²) in [4.78, 5) is 40.2. The van der Waals surface area contributed by atoms with Gasteiger partial charge in [-0.15, -0.1) is 0 Å². The molecule has 132 valence electrons. The van der Waals surface area contributed by atoms with Crippen LogP contribution in [-0.2, 0) is 16.1 Å². The molecule has 0 bridgehead atoms. The molecule has 25 heavy (non-hydrogen) atoms. The van der Waals surface area contributed by atoms with Gasteiger partial charge in [0.25, 0.3) is 11.5 Å². The first-order valence-corrected chi connectivity index (χ1v) is 7.98. The van der Waals surface area contributed by atoms with E-state index >= 15 is 0 Å². The fraction of sp³-hybridized carbons (Fsp3) is 0.316. The molecule has 0 saturated carbocycles. The van der Waals surface area contributed by atoms with Gasteiger partial charge in [0.05, 0.1) is 0 Å². The predicted octanol–water partition coefficient (Wildman–Crippen LogP) is 2.36. The minimum atomic E-state index is -0.816. The molecule has 1 aromatic heterocycles. The number of carbonyl (C=O) groups is 2. The van der Waals surface area contributed by atoms with Gasteiger partial charge in [-0.2, -0.15) is 0 Å². The lowest BCUT2D eigenvalue weighted by Gasteiger charge is -2.35. The number of amides is 1. The molecule has 6 nitrogen and oxygen atoms in total. The number of nitrogens with zero attached hydrogens (tertiary/aromatic N) is 1. The van der Waals surface area contributed by atoms with E-state index < -0.39 is 23.7 Å². The minimum absolute atomic E-state index is 0.124. The van der Waals surface area contributed by atoms with Crippen LogP contribution in [0.15, 0.2) is 53.5 Å². The minimum Gasteiger partial charge on any atom is -0.452 e. The zero-order chi connectivity index (χ0) is 18.4. The summed E-state index contributed by atoms with van der Waals surface area (Å²) in [5.74, 6) is -1.14. The summed E-state index contributed by atoms with van der Waals surface area (Å²) >= 11 is 0. The first-order valence-electron chi connectivity index (χ1n) is 7.98. The van der Waals surface area contributed by atoms with Gasteiger partial charge in [-0.05, 0) is 38.5 Å². The van der Waals surface area contributed by atoms with Gasteiger partial charge in [0, 0.05) is 18.3 Å². The van der Waals surface area contributed by atoms with Crippen molar-refractivity contribution in [3.63, 3.8) is 0 Å². The smallest absolute Gasteiger partial charge is 0.344 e. The van der Waals surface area contributed by atoms with Crippen LogP contribution in [0.2, 0.25) is 0 Å². The largest absolute Gasteiger partial charge is 0.452 e. The molecule has 0 unspecified atom stereocenters. The standard InChI is InChI=1S/C19H22N2O4/c1-19(2,3)21(12-14-8-5-4-6-9-14)16(22)13-25-18(24)15-10-7-11-20-17(15)23/h4-11H,12-13H2,1-3H3,(H,20,23). The molecule has 1 heterocycles. The number of esters is 1. The molecule has 0 aliphatic carbocycles. The van der Waals surface area contributed by atoms with E-state index in [1.807, 2.05) is 51.1 Å². The van der Waals surface area contributed by atoms with Gasteiger partial charge in [0.1, 0.15) is 5.56 Å². The molecule has 0 spiro atoms. The van der Waals surface area contributed by atoms with Gasteiger partial charge >= 0.3 is 5.97 Å². The van der Waals surface area contributed by atoms with E-state index in [0.717, 1.165) is 5.56 Å². The van der Waals surface area contributed by atoms with E-state index in [1.54, 1.807) is 4.90 Å². The molecule has 1 N–H and O–H groups in total. The lowest BCUT2D eigenvalue weighted by Crippen LogP contribution is -2.47. The van der Waals surface area contributed by atoms with Crippen molar-refractivity contribution in [1.29, 1.82) is 0 Å². The third-order valence-electron chi connectivity index (χ3n) is 3.66. The Bertz CT molecular complexity index is 791. The zero-order valence-corrected chi connectivity index (χ0v) is 14.6. The number of benzene rings is 1. The number of hydrogen-bond donors (Lipinski definition) is 1. The van der Waals surface area contributed by atoms with Crippen LogP contribution in [0.1, 0.15) is 36.7 Å². The number of aromatic amines is 1. The number of rotatable bonds is 5. The second-order valence-electron chi connectivity index (χ2n) is 6.63. The number of ether oxygens (including phenoxy) is 1. The SMILES string of the molecule is CC(C)(C)N(Cc1ccccc1)C(=O)COC(=O)c1ccc[nH]c1=O. The summed E-state index contributed by atoms with van der Waals surface area (Å²) in [6.45, 7) is 5.73. The maximum Gasteiger partial charge on any atom is 0.344 e. The Balaban J connectivity index is 2.06. The van der Waals surface area contributed by atoms with Gasteiger partial charge < -0.3 is 14.6 Å². The topological polar surface area (TPSA) is 79.5 Å². The molecule has 0 aliphatic heterocycles. The molecule has 0 aliphatic rings. The van der Waals surface area contributed by atoms with Gasteiger partial charge in [-0.3, -0.25) is 9.59 Å². The van der Waals surface area contributed by atoms with Gasteiger partial charge in [0.2, 0.25) is 0 Å². The fourth-order valence-electron chi connectivity index (χ4n) is 2.33. The summed E-state index contributed by atoms with van der Waals surface area (Å²) < 4.78 is 5.03. The highest BCUT2D eigenvalue weighted by atomic mass is 16.5. The Labute approximate surface area is 146 Å². The highest BCUT2D eigenvalue weighted by molar-refractivity contribution is 5.91. The molecule has 1 amide bonds. The Morgan fingerprint density at radius 2 is 1.76 bits per heavy atom. The van der Waals surface area contributed by atoms with Crippen LogP contribution < -0.4 is 5.56 Å². The number of aromatic nitrogens is 1. The molecule has 0 atom stereocenters. The normalized spacial score (nSPS) is 11.0. The molecule has 0 fully saturated rings. The number of H-pyrrole nitrogens is 1. The summed E-state index contributed by atoms with van der Waals surface area (Å²) in [6.07, 6.45) is 1.42. The second kappa shape index (κ2) is 7.79. The Hall–Kier alpha value is -2.89. The molecular weight excluding hydrogens is 320 g/mol. The van der Waals surface area contributed by atoms with E-state index in [1.165, 1.54) is 18.3 Å². The number of carbonyl (C=O) groups excluding carboxylic acids is 2. The lowest BCUT2D eigenvalue weighted by molar-refractivity contribution is -0.140. The molecule has 0 radical (unpaired) electrons. The first-order chi connectivity index (χ1) is 11.8. The van der Waals surface area contributed by atoms with Crippen LogP contribution in [-0.4, -0.2) is 33.9 Å². The zero-order valence-electron chi connectivity index (χ0n) is 14.6. The summed E-state index contributed by atoms with van der Waals surface area (Å²) in [5.41, 5.74) is -0.127. The average molecular weight is 342 g/mol. The Morgan fingerprint density at radius 3 is 2.36 bits per heavy atom. The first kappa shape index (κ1) is 18.4. The van der Waals surface area contributed by atoms with Crippen molar-refractivity contribution in [3.8, 4) is 0 Å². The van der Waals surface area contributed by atoms with Crippen LogP contribution in [0, 0.1) is 0 Å². The summed E-state index contributed by atoms with van der Waals surface area (Å²) in [7, 11) is 0. The van der Waals surface area contributed by atoms with Gasteiger partial charge in [0.15, 0.2) is 6.61 Å². The third-order valence-corrected chi connectivity index (χ3v) is 3.66. The number of hydrogen-bond acceptors (Lipinski definition) is 4. The molecular formula is C19H22N2O4. The highest BCUT2D eigenvalue weighted by Gasteiger charge is 2.27. The van der Waals surface area contributed by atoms with Crippen LogP contribution in [0.5, 0.6) is 0 Å². The van der Waals surface area contributed by atoms with Crippen LogP contribution in [0.3, 0.4) is 0 Å². The Morgan fingerprint density at radius 1 is 1.08 bits per heavy atom. The summed E-state index contributed by atoms with van der Waals surface area (Å²) in [6, 6.07) is 12.5. The van der Waals surface area contributed by atoms with Crippen LogP contribution in [0.25, 0.3) is 0 Å². The number of nitrogens with one attached hydrogen (secondary N) is 1. The van der Waals surface area contributed by atoms with Crippen molar-refractivity contribution in [2.24, 2.45) is 0 Å². The van der Waals surface area contributed by atoms with Crippen molar-refractivity contribution in [1.82, 2.24) is 9.88 Å². The van der Waals surface area contributed by atoms with Crippen molar-refractivity contribution in [2.75, 3.05) is 6.61 Å². The van der Waals surface area contributed by atoms with Gasteiger partial charge in [-0.1, -0.05) is 30.3 Å². The molecule has 2 rings (SSSR count). The monoisotopic (exact) mass is 342 g/mol. The van der Waals surface area contributed by atoms with E-state index in [0.29, 0.717) is 6.54 Å². The fourth-order valence-corrected chi connectivity index (χ4v) is 2.33. The van der Waals surface area contributed by atoms with E-state index in [2.05, 4.69) is 4.98 Å². The molecule has 1 aromatic carbocycles. The van der Waals surface area contributed by atoms with Crippen molar-refractivity contribution >= 4 is 11.9 Å². The highest BCUT2D eigenvalue weighted by Crippen LogP contribution is 2.18. The average Bonchev–Trinajstić information content (AvgIpc) is 2.57. The van der Waals surface area contributed by atoms with Crippen molar-refractivity contribution in [3.05, 3.63) is 70.1 Å².